The van der Waals surface area contributed by atoms with Crippen LogP contribution >= 0.6 is 0 Å². The van der Waals surface area contributed by atoms with Crippen molar-refractivity contribution in [2.24, 2.45) is 4.99 Å². The van der Waals surface area contributed by atoms with Gasteiger partial charge in [0.05, 0.1) is 66.9 Å². The first-order chi connectivity index (χ1) is 19.5. The van der Waals surface area contributed by atoms with Gasteiger partial charge in [0.15, 0.2) is 0 Å². The molecule has 0 radical (unpaired) electrons. The van der Waals surface area contributed by atoms with Crippen molar-refractivity contribution in [3.8, 4) is 0 Å². The Hall–Kier alpha value is -4.23. The van der Waals surface area contributed by atoms with Crippen molar-refractivity contribution in [1.82, 2.24) is 25.3 Å². The van der Waals surface area contributed by atoms with E-state index in [9.17, 15) is 0 Å². The number of aryl methyl sites for hydroxylation is 7. The van der Waals surface area contributed by atoms with Gasteiger partial charge >= 0.3 is 0 Å². The van der Waals surface area contributed by atoms with Crippen LogP contribution in [0.4, 0.5) is 11.4 Å². The first kappa shape index (κ1) is 25.7. The Balaban J connectivity index is 1.56. The number of fused-ring (bicyclic) bond motifs is 6. The van der Waals surface area contributed by atoms with Crippen molar-refractivity contribution in [3.05, 3.63) is 67.9 Å². The summed E-state index contributed by atoms with van der Waals surface area (Å²) in [6, 6.07) is 2.38. The van der Waals surface area contributed by atoms with E-state index >= 15 is 0 Å². The van der Waals surface area contributed by atoms with E-state index in [1.54, 1.807) is 0 Å². The third kappa shape index (κ3) is 3.39. The summed E-state index contributed by atoms with van der Waals surface area (Å²) < 4.78 is 0. The normalized spacial score (nSPS) is 16.8. The van der Waals surface area contributed by atoms with Crippen molar-refractivity contribution in [2.75, 3.05) is 12.4 Å². The predicted molar refractivity (Wildman–Crippen MR) is 171 cm³/mol. The van der Waals surface area contributed by atoms with Gasteiger partial charge in [-0.25, -0.2) is 24.9 Å². The van der Waals surface area contributed by atoms with Crippen molar-refractivity contribution in [1.29, 1.82) is 0 Å². The second kappa shape index (κ2) is 8.63. The average Bonchev–Trinajstić information content (AvgIpc) is 2.97. The maximum Gasteiger partial charge on any atom is 0.0949 e. The van der Waals surface area contributed by atoms with E-state index in [1.165, 1.54) is 16.7 Å². The predicted octanol–water partition coefficient (Wildman–Crippen LogP) is 7.36. The lowest BCUT2D eigenvalue weighted by Crippen LogP contribution is -2.33. The van der Waals surface area contributed by atoms with Crippen LogP contribution in [0.15, 0.2) is 34.0 Å². The van der Waals surface area contributed by atoms with Gasteiger partial charge in [0.1, 0.15) is 0 Å². The van der Waals surface area contributed by atoms with Crippen molar-refractivity contribution >= 4 is 61.2 Å². The van der Waals surface area contributed by atoms with Gasteiger partial charge in [0.25, 0.3) is 0 Å². The molecule has 206 valence electrons. The monoisotopic (exact) mass is 541 g/mol. The molecule has 5 aromatic rings. The number of nitrogens with zero attached hydrogens (tertiary/aromatic N) is 5. The molecule has 7 heteroatoms. The Morgan fingerprint density at radius 3 is 1.71 bits per heavy atom. The fraction of sp³-hybridized carbons (Fsp3) is 0.324. The van der Waals surface area contributed by atoms with E-state index in [2.05, 4.69) is 85.1 Å². The highest BCUT2D eigenvalue weighted by Crippen LogP contribution is 2.44. The molecule has 2 aromatic heterocycles. The number of hydrogen-bond donors (Lipinski definition) is 2. The highest BCUT2D eigenvalue weighted by molar-refractivity contribution is 6.20. The van der Waals surface area contributed by atoms with Crippen LogP contribution in [0, 0.1) is 48.5 Å². The van der Waals surface area contributed by atoms with Crippen molar-refractivity contribution in [2.45, 2.75) is 68.4 Å². The minimum Gasteiger partial charge on any atom is -0.352 e. The molecule has 3 aromatic carbocycles. The third-order valence-corrected chi connectivity index (χ3v) is 9.32. The first-order valence-electron chi connectivity index (χ1n) is 14.3. The summed E-state index contributed by atoms with van der Waals surface area (Å²) in [5.41, 5.74) is 21.3. The van der Waals surface area contributed by atoms with Crippen LogP contribution in [0.1, 0.15) is 52.8 Å². The number of aliphatic imine (C=N–C) groups is 1. The maximum atomic E-state index is 5.30. The fourth-order valence-corrected chi connectivity index (χ4v) is 6.61. The van der Waals surface area contributed by atoms with Gasteiger partial charge in [0.2, 0.25) is 0 Å². The zero-order valence-electron chi connectivity index (χ0n) is 25.5. The van der Waals surface area contributed by atoms with E-state index in [1.807, 2.05) is 7.05 Å². The largest absolute Gasteiger partial charge is 0.352 e. The Bertz CT molecular complexity index is 2150. The molecule has 0 saturated heterocycles. The van der Waals surface area contributed by atoms with Crippen LogP contribution in [0.5, 0.6) is 0 Å². The van der Waals surface area contributed by atoms with E-state index in [0.29, 0.717) is 0 Å². The minimum absolute atomic E-state index is 0.177. The minimum atomic E-state index is 0.177. The summed E-state index contributed by atoms with van der Waals surface area (Å²) in [5.74, 6) is 0. The average molecular weight is 542 g/mol. The number of hydrogen-bond acceptors (Lipinski definition) is 7. The summed E-state index contributed by atoms with van der Waals surface area (Å²) in [5, 5.41) is 7.16. The molecule has 7 nitrogen and oxygen atoms in total. The molecule has 0 fully saturated rings. The standard InChI is InChI=1S/C34H35N7/c1-13-11-14(2)23-25(16(13)4)38-29-20(8)33-31(18(6)27(29)36-23)41-34-21(9)30-28(19(7)32(34)40-33)37-24-15(3)12-22(35-10)17(5)26(24)39-30/h11-12,22,35,39H,1-10H3. The molecular weight excluding hydrogens is 506 g/mol. The molecule has 0 spiro atoms. The SMILES string of the molecule is CNC1C=C(C)C2=Nc3c(c(C)c4nc5c(C)c6nc7c(C)cc(C)c(C)c7nc6c(C)c5nc4c3C)NC2=C1C. The van der Waals surface area contributed by atoms with E-state index in [4.69, 9.17) is 24.9 Å². The molecule has 2 aliphatic rings. The van der Waals surface area contributed by atoms with Gasteiger partial charge in [-0.15, -0.1) is 0 Å². The lowest BCUT2D eigenvalue weighted by atomic mass is 9.89. The number of aromatic nitrogens is 4. The zero-order valence-corrected chi connectivity index (χ0v) is 25.5. The van der Waals surface area contributed by atoms with E-state index in [-0.39, 0.29) is 6.04 Å². The Kier molecular flexibility index (Phi) is 5.42. The number of allylic oxidation sites excluding steroid dienone is 1. The molecule has 41 heavy (non-hydrogen) atoms. The Morgan fingerprint density at radius 1 is 0.610 bits per heavy atom. The number of rotatable bonds is 1. The summed E-state index contributed by atoms with van der Waals surface area (Å²) in [7, 11) is 1.99. The highest BCUT2D eigenvalue weighted by atomic mass is 15.0. The topological polar surface area (TPSA) is 88.0 Å². The van der Waals surface area contributed by atoms with Crippen molar-refractivity contribution < 1.29 is 0 Å². The molecule has 7 rings (SSSR count). The van der Waals surface area contributed by atoms with E-state index in [0.717, 1.165) is 100 Å². The number of anilines is 1. The third-order valence-electron chi connectivity index (χ3n) is 9.32. The second-order valence-electron chi connectivity index (χ2n) is 11.9. The number of nitrogens with one attached hydrogen (secondary N) is 2. The molecule has 1 aliphatic heterocycles. The van der Waals surface area contributed by atoms with Gasteiger partial charge in [0, 0.05) is 28.3 Å². The van der Waals surface area contributed by atoms with Crippen LogP contribution in [-0.2, 0) is 0 Å². The summed E-state index contributed by atoms with van der Waals surface area (Å²) in [4.78, 5) is 26.2. The van der Waals surface area contributed by atoms with Crippen LogP contribution < -0.4 is 10.6 Å². The molecule has 1 aliphatic carbocycles. The fourth-order valence-electron chi connectivity index (χ4n) is 6.61. The summed E-state index contributed by atoms with van der Waals surface area (Å²) in [6.45, 7) is 19.1. The molecule has 0 saturated carbocycles. The summed E-state index contributed by atoms with van der Waals surface area (Å²) in [6.07, 6.45) is 2.24. The molecule has 1 atom stereocenters. The first-order valence-corrected chi connectivity index (χ1v) is 14.3. The van der Waals surface area contributed by atoms with E-state index < -0.39 is 0 Å². The summed E-state index contributed by atoms with van der Waals surface area (Å²) >= 11 is 0. The van der Waals surface area contributed by atoms with Crippen LogP contribution in [0.25, 0.3) is 44.1 Å². The van der Waals surface area contributed by atoms with Gasteiger partial charge in [-0.2, -0.15) is 0 Å². The number of benzene rings is 3. The molecule has 1 unspecified atom stereocenters. The Morgan fingerprint density at radius 2 is 1.12 bits per heavy atom. The second-order valence-corrected chi connectivity index (χ2v) is 11.9. The quantitative estimate of drug-likeness (QED) is 0.216. The van der Waals surface area contributed by atoms with Gasteiger partial charge in [-0.1, -0.05) is 12.1 Å². The maximum absolute atomic E-state index is 5.30. The molecular formula is C34H35N7. The molecule has 0 bridgehead atoms. The lowest BCUT2D eigenvalue weighted by Gasteiger charge is -2.31. The Labute approximate surface area is 239 Å². The van der Waals surface area contributed by atoms with Crippen LogP contribution in [-0.4, -0.2) is 38.7 Å². The highest BCUT2D eigenvalue weighted by Gasteiger charge is 2.30. The van der Waals surface area contributed by atoms with Crippen LogP contribution in [0.2, 0.25) is 0 Å². The molecule has 3 heterocycles. The number of likely N-dealkylation sites (N-methyl/N-ethyl adjacent to an activating group) is 1. The smallest absolute Gasteiger partial charge is 0.0949 e. The zero-order chi connectivity index (χ0) is 29.1. The lowest BCUT2D eigenvalue weighted by molar-refractivity contribution is 0.740. The molecule has 0 amide bonds. The van der Waals surface area contributed by atoms with Gasteiger partial charge in [-0.05, 0) is 97.2 Å². The molecule has 2 N–H and O–H groups in total. The van der Waals surface area contributed by atoms with Gasteiger partial charge in [-0.3, -0.25) is 0 Å². The van der Waals surface area contributed by atoms with Crippen molar-refractivity contribution in [3.63, 3.8) is 0 Å². The van der Waals surface area contributed by atoms with Crippen LogP contribution in [0.3, 0.4) is 0 Å². The van der Waals surface area contributed by atoms with Gasteiger partial charge < -0.3 is 10.6 Å².